The van der Waals surface area contributed by atoms with Gasteiger partial charge in [-0.1, -0.05) is 32.0 Å². The van der Waals surface area contributed by atoms with Gasteiger partial charge < -0.3 is 5.32 Å². The lowest BCUT2D eigenvalue weighted by Crippen LogP contribution is -2.35. The first kappa shape index (κ1) is 13.6. The van der Waals surface area contributed by atoms with Crippen molar-refractivity contribution in [2.24, 2.45) is 11.3 Å². The predicted molar refractivity (Wildman–Crippen MR) is 79.0 cm³/mol. The van der Waals surface area contributed by atoms with Crippen LogP contribution in [0.3, 0.4) is 0 Å². The molecule has 0 amide bonds. The van der Waals surface area contributed by atoms with Crippen LogP contribution < -0.4 is 5.32 Å². The van der Waals surface area contributed by atoms with Gasteiger partial charge in [-0.15, -0.1) is 0 Å². The Bertz CT molecular complexity index is 406. The van der Waals surface area contributed by atoms with Crippen LogP contribution in [-0.2, 0) is 6.42 Å². The van der Waals surface area contributed by atoms with Crippen molar-refractivity contribution in [1.82, 2.24) is 5.32 Å². The summed E-state index contributed by atoms with van der Waals surface area (Å²) in [5.74, 6) is 0.929. The van der Waals surface area contributed by atoms with E-state index < -0.39 is 0 Å². The fraction of sp³-hybridized carbons (Fsp3) is 0.647. The molecule has 0 saturated heterocycles. The summed E-state index contributed by atoms with van der Waals surface area (Å²) < 4.78 is 0. The van der Waals surface area contributed by atoms with Gasteiger partial charge in [0.05, 0.1) is 0 Å². The second kappa shape index (κ2) is 5.44. The van der Waals surface area contributed by atoms with Crippen molar-refractivity contribution in [3.05, 3.63) is 34.9 Å². The summed E-state index contributed by atoms with van der Waals surface area (Å²) in [5.41, 5.74) is 4.77. The molecule has 1 fully saturated rings. The molecule has 2 rings (SSSR count). The smallest absolute Gasteiger partial charge is 0.00109 e. The highest BCUT2D eigenvalue weighted by atomic mass is 14.9. The summed E-state index contributed by atoms with van der Waals surface area (Å²) >= 11 is 0. The van der Waals surface area contributed by atoms with Crippen LogP contribution in [0.15, 0.2) is 18.2 Å². The number of hydrogen-bond donors (Lipinski definition) is 1. The minimum absolute atomic E-state index is 0.442. The molecule has 1 aliphatic rings. The average molecular weight is 245 g/mol. The molecule has 1 aliphatic carbocycles. The molecule has 1 nitrogen and oxygen atoms in total. The summed E-state index contributed by atoms with van der Waals surface area (Å²) in [6.45, 7) is 11.3. The number of nitrogens with one attached hydrogen (secondary N) is 1. The third kappa shape index (κ3) is 3.14. The lowest BCUT2D eigenvalue weighted by molar-refractivity contribution is 0.258. The van der Waals surface area contributed by atoms with E-state index >= 15 is 0 Å². The van der Waals surface area contributed by atoms with Gasteiger partial charge in [-0.25, -0.2) is 0 Å². The van der Waals surface area contributed by atoms with E-state index in [0.717, 1.165) is 19.0 Å². The van der Waals surface area contributed by atoms with Gasteiger partial charge in [0.1, 0.15) is 0 Å². The Morgan fingerprint density at radius 3 is 2.50 bits per heavy atom. The molecule has 1 heteroatoms. The lowest BCUT2D eigenvalue weighted by atomic mass is 9.78. The zero-order valence-corrected chi connectivity index (χ0v) is 12.3. The highest BCUT2D eigenvalue weighted by Crippen LogP contribution is 2.47. The Balaban J connectivity index is 2.10. The molecule has 0 aliphatic heterocycles. The summed E-state index contributed by atoms with van der Waals surface area (Å²) in [5, 5.41) is 3.56. The molecule has 0 heterocycles. The largest absolute Gasteiger partial charge is 0.316 e. The van der Waals surface area contributed by atoms with Gasteiger partial charge in [0.2, 0.25) is 0 Å². The molecular weight excluding hydrogens is 218 g/mol. The molecule has 18 heavy (non-hydrogen) atoms. The van der Waals surface area contributed by atoms with Crippen molar-refractivity contribution >= 4 is 0 Å². The highest BCUT2D eigenvalue weighted by molar-refractivity contribution is 5.30. The van der Waals surface area contributed by atoms with Crippen molar-refractivity contribution in [2.75, 3.05) is 13.1 Å². The summed E-state index contributed by atoms with van der Waals surface area (Å²) in [6, 6.07) is 6.96. The van der Waals surface area contributed by atoms with Gasteiger partial charge >= 0.3 is 0 Å². The van der Waals surface area contributed by atoms with E-state index in [-0.39, 0.29) is 0 Å². The molecule has 1 atom stereocenters. The second-order valence-electron chi connectivity index (χ2n) is 6.30. The Hall–Kier alpha value is -0.820. The molecule has 1 aromatic rings. The summed E-state index contributed by atoms with van der Waals surface area (Å²) in [7, 11) is 0. The Morgan fingerprint density at radius 2 is 1.94 bits per heavy atom. The van der Waals surface area contributed by atoms with Gasteiger partial charge in [-0.3, -0.25) is 0 Å². The maximum absolute atomic E-state index is 3.56. The van der Waals surface area contributed by atoms with Crippen LogP contribution in [0.4, 0.5) is 0 Å². The average Bonchev–Trinajstić information content (AvgIpc) is 3.16. The zero-order valence-electron chi connectivity index (χ0n) is 12.3. The Labute approximate surface area is 112 Å². The monoisotopic (exact) mass is 245 g/mol. The first-order chi connectivity index (χ1) is 8.55. The van der Waals surface area contributed by atoms with E-state index in [9.17, 15) is 0 Å². The standard InChI is InChI=1S/C17H27N/c1-5-18-12-17(4,16-8-9-16)11-15-7-6-13(2)14(3)10-15/h6-7,10,16,18H,5,8-9,11-12H2,1-4H3. The van der Waals surface area contributed by atoms with Gasteiger partial charge in [0.15, 0.2) is 0 Å². The number of rotatable bonds is 6. The molecule has 1 unspecified atom stereocenters. The van der Waals surface area contributed by atoms with Crippen LogP contribution in [0.1, 0.15) is 43.4 Å². The zero-order chi connectivity index (χ0) is 13.2. The number of benzene rings is 1. The van der Waals surface area contributed by atoms with Crippen LogP contribution in [-0.4, -0.2) is 13.1 Å². The van der Waals surface area contributed by atoms with Gasteiger partial charge in [-0.05, 0) is 67.7 Å². The number of aryl methyl sites for hydroxylation is 2. The second-order valence-corrected chi connectivity index (χ2v) is 6.30. The molecule has 0 aromatic heterocycles. The van der Waals surface area contributed by atoms with E-state index in [1.165, 1.54) is 36.0 Å². The molecule has 1 aromatic carbocycles. The molecule has 1 N–H and O–H groups in total. The fourth-order valence-corrected chi connectivity index (χ4v) is 2.92. The minimum Gasteiger partial charge on any atom is -0.316 e. The normalized spacial score (nSPS) is 18.7. The SMILES string of the molecule is CCNCC(C)(Cc1ccc(C)c(C)c1)C1CC1. The Kier molecular flexibility index (Phi) is 4.11. The van der Waals surface area contributed by atoms with E-state index in [1.807, 2.05) is 0 Å². The lowest BCUT2D eigenvalue weighted by Gasteiger charge is -2.30. The van der Waals surface area contributed by atoms with Crippen LogP contribution in [0, 0.1) is 25.2 Å². The van der Waals surface area contributed by atoms with Gasteiger partial charge in [0, 0.05) is 6.54 Å². The van der Waals surface area contributed by atoms with Gasteiger partial charge in [0.25, 0.3) is 0 Å². The van der Waals surface area contributed by atoms with Crippen molar-refractivity contribution in [3.63, 3.8) is 0 Å². The van der Waals surface area contributed by atoms with Crippen LogP contribution in [0.5, 0.6) is 0 Å². The topological polar surface area (TPSA) is 12.0 Å². The van der Waals surface area contributed by atoms with E-state index in [1.54, 1.807) is 0 Å². The van der Waals surface area contributed by atoms with Gasteiger partial charge in [-0.2, -0.15) is 0 Å². The fourth-order valence-electron chi connectivity index (χ4n) is 2.92. The van der Waals surface area contributed by atoms with Crippen molar-refractivity contribution in [1.29, 1.82) is 0 Å². The minimum atomic E-state index is 0.442. The van der Waals surface area contributed by atoms with Crippen molar-refractivity contribution in [2.45, 2.75) is 47.0 Å². The molecule has 0 radical (unpaired) electrons. The molecular formula is C17H27N. The Morgan fingerprint density at radius 1 is 1.22 bits per heavy atom. The van der Waals surface area contributed by atoms with E-state index in [4.69, 9.17) is 0 Å². The molecule has 100 valence electrons. The van der Waals surface area contributed by atoms with E-state index in [2.05, 4.69) is 51.2 Å². The first-order valence-electron chi connectivity index (χ1n) is 7.32. The third-order valence-electron chi connectivity index (χ3n) is 4.52. The molecule has 0 spiro atoms. The van der Waals surface area contributed by atoms with Crippen LogP contribution >= 0.6 is 0 Å². The maximum Gasteiger partial charge on any atom is 0.00109 e. The quantitative estimate of drug-likeness (QED) is 0.802. The predicted octanol–water partition coefficient (Wildman–Crippen LogP) is 3.87. The highest BCUT2D eigenvalue weighted by Gasteiger charge is 2.40. The number of hydrogen-bond acceptors (Lipinski definition) is 1. The third-order valence-corrected chi connectivity index (χ3v) is 4.52. The molecule has 0 bridgehead atoms. The van der Waals surface area contributed by atoms with Crippen LogP contribution in [0.25, 0.3) is 0 Å². The maximum atomic E-state index is 3.56. The van der Waals surface area contributed by atoms with E-state index in [0.29, 0.717) is 5.41 Å². The molecule has 1 saturated carbocycles. The van der Waals surface area contributed by atoms with Crippen LogP contribution in [0.2, 0.25) is 0 Å². The summed E-state index contributed by atoms with van der Waals surface area (Å²) in [6.07, 6.45) is 4.06. The van der Waals surface area contributed by atoms with Crippen molar-refractivity contribution in [3.8, 4) is 0 Å². The van der Waals surface area contributed by atoms with Crippen molar-refractivity contribution < 1.29 is 0 Å². The summed E-state index contributed by atoms with van der Waals surface area (Å²) in [4.78, 5) is 0. The first-order valence-corrected chi connectivity index (χ1v) is 7.32.